The van der Waals surface area contributed by atoms with E-state index in [-0.39, 0.29) is 12.0 Å². The van der Waals surface area contributed by atoms with E-state index in [2.05, 4.69) is 4.90 Å². The van der Waals surface area contributed by atoms with Gasteiger partial charge in [-0.1, -0.05) is 19.1 Å². The zero-order chi connectivity index (χ0) is 19.7. The van der Waals surface area contributed by atoms with Crippen LogP contribution in [0.3, 0.4) is 0 Å². The number of aliphatic hydroxyl groups is 2. The molecule has 0 bridgehead atoms. The molecule has 1 saturated carbocycles. The van der Waals surface area contributed by atoms with E-state index in [1.165, 1.54) is 0 Å². The predicted molar refractivity (Wildman–Crippen MR) is 101 cm³/mol. The van der Waals surface area contributed by atoms with Gasteiger partial charge in [0.05, 0.1) is 18.8 Å². The summed E-state index contributed by atoms with van der Waals surface area (Å²) in [7, 11) is 5.62. The zero-order valence-corrected chi connectivity index (χ0v) is 16.3. The maximum atomic E-state index is 11.2. The van der Waals surface area contributed by atoms with Gasteiger partial charge in [-0.2, -0.15) is 0 Å². The molecule has 0 heterocycles. The highest BCUT2D eigenvalue weighted by Crippen LogP contribution is 2.42. The first kappa shape index (κ1) is 22.4. The van der Waals surface area contributed by atoms with Crippen molar-refractivity contribution in [3.8, 4) is 5.75 Å². The van der Waals surface area contributed by atoms with Gasteiger partial charge in [0, 0.05) is 18.9 Å². The molecule has 1 fully saturated rings. The van der Waals surface area contributed by atoms with Crippen LogP contribution in [-0.2, 0) is 10.4 Å². The molecule has 148 valence electrons. The number of hydrogen-bond acceptors (Lipinski definition) is 5. The molecule has 1 aliphatic rings. The molecule has 1 aromatic carbocycles. The van der Waals surface area contributed by atoms with Gasteiger partial charge < -0.3 is 25.0 Å². The molecule has 6 nitrogen and oxygen atoms in total. The van der Waals surface area contributed by atoms with E-state index in [9.17, 15) is 15.0 Å². The Morgan fingerprint density at radius 1 is 1.38 bits per heavy atom. The van der Waals surface area contributed by atoms with Crippen molar-refractivity contribution in [3.63, 3.8) is 0 Å². The van der Waals surface area contributed by atoms with Crippen LogP contribution in [0.15, 0.2) is 24.3 Å². The second-order valence-corrected chi connectivity index (χ2v) is 7.19. The molecule has 26 heavy (non-hydrogen) atoms. The minimum absolute atomic E-state index is 0.0216. The van der Waals surface area contributed by atoms with Gasteiger partial charge in [-0.25, -0.2) is 0 Å². The highest BCUT2D eigenvalue weighted by Gasteiger charge is 2.43. The Morgan fingerprint density at radius 3 is 2.58 bits per heavy atom. The van der Waals surface area contributed by atoms with Crippen LogP contribution in [0.1, 0.15) is 44.6 Å². The molecule has 0 saturated heterocycles. The van der Waals surface area contributed by atoms with Crippen LogP contribution in [0.25, 0.3) is 0 Å². The summed E-state index contributed by atoms with van der Waals surface area (Å²) in [5.41, 5.74) is -0.00602. The van der Waals surface area contributed by atoms with Crippen molar-refractivity contribution in [1.29, 1.82) is 0 Å². The van der Waals surface area contributed by atoms with E-state index in [0.29, 0.717) is 25.7 Å². The maximum Gasteiger partial charge on any atom is 0.303 e. The third-order valence-corrected chi connectivity index (χ3v) is 4.71. The molecular formula is C20H33NO5. The fourth-order valence-electron chi connectivity index (χ4n) is 3.38. The molecule has 2 rings (SSSR count). The van der Waals surface area contributed by atoms with Gasteiger partial charge in [-0.15, -0.1) is 0 Å². The van der Waals surface area contributed by atoms with Gasteiger partial charge >= 0.3 is 5.97 Å². The van der Waals surface area contributed by atoms with E-state index in [1.54, 1.807) is 7.11 Å². The summed E-state index contributed by atoms with van der Waals surface area (Å²) in [5, 5.41) is 29.0. The Kier molecular flexibility index (Phi) is 9.05. The standard InChI is InChI=1S/C16H25NO3.C4H8O2/c1-17(2)11-13-9-14(18)7-8-16(13,19)12-5-4-6-15(10-12)20-3;1-2-3-4(5)6/h4-6,10,13-14,18-19H,7-9,11H2,1-3H3;2-3H2,1H3,(H,5,6). The molecule has 0 aliphatic heterocycles. The third-order valence-electron chi connectivity index (χ3n) is 4.71. The smallest absolute Gasteiger partial charge is 0.303 e. The minimum Gasteiger partial charge on any atom is -0.497 e. The Hall–Kier alpha value is -1.63. The van der Waals surface area contributed by atoms with Crippen molar-refractivity contribution in [2.24, 2.45) is 5.92 Å². The number of ether oxygens (including phenoxy) is 1. The van der Waals surface area contributed by atoms with Crippen molar-refractivity contribution >= 4 is 5.97 Å². The highest BCUT2D eigenvalue weighted by atomic mass is 16.5. The lowest BCUT2D eigenvalue weighted by Gasteiger charge is -2.43. The minimum atomic E-state index is -0.891. The van der Waals surface area contributed by atoms with Gasteiger partial charge in [-0.3, -0.25) is 4.79 Å². The molecule has 3 unspecified atom stereocenters. The van der Waals surface area contributed by atoms with Crippen LogP contribution in [0.2, 0.25) is 0 Å². The number of aliphatic hydroxyl groups excluding tert-OH is 1. The number of nitrogens with zero attached hydrogens (tertiary/aromatic N) is 1. The highest BCUT2D eigenvalue weighted by molar-refractivity contribution is 5.66. The summed E-state index contributed by atoms with van der Waals surface area (Å²) in [4.78, 5) is 11.7. The lowest BCUT2D eigenvalue weighted by molar-refractivity contribution is -0.137. The number of aliphatic carboxylic acids is 1. The van der Waals surface area contributed by atoms with Crippen LogP contribution < -0.4 is 4.74 Å². The second-order valence-electron chi connectivity index (χ2n) is 7.19. The average molecular weight is 367 g/mol. The van der Waals surface area contributed by atoms with E-state index in [4.69, 9.17) is 9.84 Å². The quantitative estimate of drug-likeness (QED) is 0.716. The number of carboxylic acid groups (broad SMARTS) is 1. The Bertz CT molecular complexity index is 561. The lowest BCUT2D eigenvalue weighted by atomic mass is 9.70. The van der Waals surface area contributed by atoms with Gasteiger partial charge in [0.1, 0.15) is 5.75 Å². The van der Waals surface area contributed by atoms with Crippen LogP contribution in [0, 0.1) is 5.92 Å². The number of carbonyl (C=O) groups is 1. The Labute approximate surface area is 156 Å². The molecule has 3 N–H and O–H groups in total. The Morgan fingerprint density at radius 2 is 2.08 bits per heavy atom. The van der Waals surface area contributed by atoms with Crippen molar-refractivity contribution in [3.05, 3.63) is 29.8 Å². The summed E-state index contributed by atoms with van der Waals surface area (Å²) in [5.74, 6) is 0.0662. The van der Waals surface area contributed by atoms with Crippen molar-refractivity contribution in [2.45, 2.75) is 50.7 Å². The molecule has 6 heteroatoms. The Balaban J connectivity index is 0.000000487. The largest absolute Gasteiger partial charge is 0.497 e. The molecule has 1 aliphatic carbocycles. The topological polar surface area (TPSA) is 90.2 Å². The molecule has 0 spiro atoms. The number of hydrogen-bond donors (Lipinski definition) is 3. The molecule has 0 radical (unpaired) electrons. The van der Waals surface area contributed by atoms with Gasteiger partial charge in [0.15, 0.2) is 0 Å². The lowest BCUT2D eigenvalue weighted by Crippen LogP contribution is -2.46. The van der Waals surface area contributed by atoms with E-state index >= 15 is 0 Å². The molecule has 0 amide bonds. The SMILES string of the molecule is CCCC(=O)O.COc1cccc(C2(O)CCC(O)CC2CN(C)C)c1. The summed E-state index contributed by atoms with van der Waals surface area (Å²) in [6.07, 6.45) is 2.56. The first-order valence-electron chi connectivity index (χ1n) is 9.14. The summed E-state index contributed by atoms with van der Waals surface area (Å²) in [6.45, 7) is 2.60. The first-order chi connectivity index (χ1) is 12.2. The number of benzene rings is 1. The second kappa shape index (κ2) is 10.5. The number of carboxylic acids is 1. The third kappa shape index (κ3) is 6.59. The van der Waals surface area contributed by atoms with Crippen LogP contribution in [-0.4, -0.2) is 60.0 Å². The summed E-state index contributed by atoms with van der Waals surface area (Å²) in [6, 6.07) is 7.64. The van der Waals surface area contributed by atoms with Gasteiger partial charge in [0.25, 0.3) is 0 Å². The zero-order valence-electron chi connectivity index (χ0n) is 16.3. The molecule has 1 aromatic rings. The summed E-state index contributed by atoms with van der Waals surface area (Å²) < 4.78 is 5.26. The van der Waals surface area contributed by atoms with E-state index in [0.717, 1.165) is 24.3 Å². The van der Waals surface area contributed by atoms with Crippen molar-refractivity contribution in [1.82, 2.24) is 4.90 Å². The van der Waals surface area contributed by atoms with Crippen LogP contribution in [0.4, 0.5) is 0 Å². The number of methoxy groups -OCH3 is 1. The maximum absolute atomic E-state index is 11.2. The summed E-state index contributed by atoms with van der Waals surface area (Å²) >= 11 is 0. The fourth-order valence-corrected chi connectivity index (χ4v) is 3.38. The molecule has 0 aromatic heterocycles. The first-order valence-corrected chi connectivity index (χ1v) is 9.14. The molecule has 3 atom stereocenters. The van der Waals surface area contributed by atoms with Crippen molar-refractivity contribution < 1.29 is 24.9 Å². The van der Waals surface area contributed by atoms with E-state index < -0.39 is 11.6 Å². The average Bonchev–Trinajstić information content (AvgIpc) is 2.58. The predicted octanol–water partition coefficient (Wildman–Crippen LogP) is 2.48. The number of rotatable bonds is 6. The van der Waals surface area contributed by atoms with Gasteiger partial charge in [0.2, 0.25) is 0 Å². The normalized spacial score (nSPS) is 25.3. The van der Waals surface area contributed by atoms with Crippen LogP contribution >= 0.6 is 0 Å². The van der Waals surface area contributed by atoms with E-state index in [1.807, 2.05) is 45.3 Å². The van der Waals surface area contributed by atoms with Crippen molar-refractivity contribution in [2.75, 3.05) is 27.7 Å². The monoisotopic (exact) mass is 367 g/mol. The van der Waals surface area contributed by atoms with Crippen LogP contribution in [0.5, 0.6) is 5.75 Å². The molecular weight excluding hydrogens is 334 g/mol. The van der Waals surface area contributed by atoms with Gasteiger partial charge in [-0.05, 0) is 57.5 Å². The fraction of sp³-hybridized carbons (Fsp3) is 0.650.